The summed E-state index contributed by atoms with van der Waals surface area (Å²) in [5, 5.41) is 0. The van der Waals surface area contributed by atoms with Gasteiger partial charge in [-0.25, -0.2) is 0 Å². The summed E-state index contributed by atoms with van der Waals surface area (Å²) in [4.78, 5) is 0. The average molecular weight is 272 g/mol. The fraction of sp³-hybridized carbons (Fsp3) is 0.500. The van der Waals surface area contributed by atoms with Gasteiger partial charge in [0.25, 0.3) is 0 Å². The molecule has 4 heteroatoms. The lowest BCUT2D eigenvalue weighted by atomic mass is 9.79. The number of ether oxygens (including phenoxy) is 4. The Balaban J connectivity index is 1.86. The van der Waals surface area contributed by atoms with E-state index in [1.54, 1.807) is 0 Å². The Labute approximate surface area is 118 Å². The molecule has 1 aliphatic carbocycles. The van der Waals surface area contributed by atoms with Gasteiger partial charge in [-0.05, 0) is 12.8 Å². The fourth-order valence-corrected chi connectivity index (χ4v) is 2.57. The molecule has 2 aliphatic heterocycles. The molecule has 2 saturated heterocycles. The molecule has 0 atom stereocenters. The SMILES string of the molecule is C#CC1=C(C2OCCCO2)C(C#C)=C1C1OCCCO1. The maximum atomic E-state index is 5.61. The van der Waals surface area contributed by atoms with Crippen LogP contribution in [0, 0.1) is 24.7 Å². The van der Waals surface area contributed by atoms with Gasteiger partial charge >= 0.3 is 0 Å². The van der Waals surface area contributed by atoms with E-state index in [9.17, 15) is 0 Å². The normalized spacial score (nSPS) is 25.1. The van der Waals surface area contributed by atoms with Crippen LogP contribution in [-0.4, -0.2) is 39.0 Å². The average Bonchev–Trinajstić information content (AvgIpc) is 2.49. The topological polar surface area (TPSA) is 36.9 Å². The second-order valence-corrected chi connectivity index (χ2v) is 4.72. The summed E-state index contributed by atoms with van der Waals surface area (Å²) >= 11 is 0. The third-order valence-corrected chi connectivity index (χ3v) is 3.49. The van der Waals surface area contributed by atoms with E-state index in [-0.39, 0.29) is 0 Å². The Kier molecular flexibility index (Phi) is 3.91. The van der Waals surface area contributed by atoms with Crippen LogP contribution in [0.15, 0.2) is 22.3 Å². The molecule has 0 N–H and O–H groups in total. The van der Waals surface area contributed by atoms with Crippen molar-refractivity contribution < 1.29 is 18.9 Å². The first-order valence-corrected chi connectivity index (χ1v) is 6.75. The third kappa shape index (κ3) is 2.18. The minimum absolute atomic E-state index is 0.465. The van der Waals surface area contributed by atoms with Crippen molar-refractivity contribution in [1.82, 2.24) is 0 Å². The number of hydrogen-bond donors (Lipinski definition) is 0. The lowest BCUT2D eigenvalue weighted by molar-refractivity contribution is -0.162. The molecule has 0 aromatic heterocycles. The Bertz CT molecular complexity index is 471. The molecular weight excluding hydrogens is 256 g/mol. The highest BCUT2D eigenvalue weighted by Crippen LogP contribution is 2.42. The first-order valence-electron chi connectivity index (χ1n) is 6.75. The molecule has 0 aromatic carbocycles. The highest BCUT2D eigenvalue weighted by molar-refractivity contribution is 5.73. The predicted octanol–water partition coefficient (Wildman–Crippen LogP) is 1.39. The van der Waals surface area contributed by atoms with Gasteiger partial charge in [0.2, 0.25) is 0 Å². The molecule has 0 radical (unpaired) electrons. The molecule has 0 bridgehead atoms. The van der Waals surface area contributed by atoms with Gasteiger partial charge in [0, 0.05) is 22.3 Å². The van der Waals surface area contributed by atoms with Gasteiger partial charge in [-0.2, -0.15) is 0 Å². The fourth-order valence-electron chi connectivity index (χ4n) is 2.57. The van der Waals surface area contributed by atoms with Crippen LogP contribution < -0.4 is 0 Å². The zero-order chi connectivity index (χ0) is 13.9. The Hall–Kier alpha value is -1.56. The van der Waals surface area contributed by atoms with Crippen LogP contribution in [0.5, 0.6) is 0 Å². The lowest BCUT2D eigenvalue weighted by Crippen LogP contribution is -2.37. The molecule has 104 valence electrons. The molecule has 0 spiro atoms. The summed E-state index contributed by atoms with van der Waals surface area (Å²) in [7, 11) is 0. The maximum Gasteiger partial charge on any atom is 0.186 e. The van der Waals surface area contributed by atoms with Gasteiger partial charge in [0.05, 0.1) is 26.4 Å². The quantitative estimate of drug-likeness (QED) is 0.712. The summed E-state index contributed by atoms with van der Waals surface area (Å²) in [6.07, 6.45) is 12.1. The van der Waals surface area contributed by atoms with Crippen LogP contribution in [0.2, 0.25) is 0 Å². The van der Waals surface area contributed by atoms with Gasteiger partial charge in [-0.1, -0.05) is 11.8 Å². The molecule has 3 aliphatic rings. The number of hydrogen-bond acceptors (Lipinski definition) is 4. The smallest absolute Gasteiger partial charge is 0.186 e. The zero-order valence-electron chi connectivity index (χ0n) is 11.2. The van der Waals surface area contributed by atoms with E-state index in [1.807, 2.05) is 0 Å². The van der Waals surface area contributed by atoms with Crippen LogP contribution in [-0.2, 0) is 18.9 Å². The summed E-state index contributed by atoms with van der Waals surface area (Å²) in [6, 6.07) is 0. The van der Waals surface area contributed by atoms with Crippen LogP contribution in [0.25, 0.3) is 0 Å². The summed E-state index contributed by atoms with van der Waals surface area (Å²) in [5.41, 5.74) is 2.97. The molecule has 4 nitrogen and oxygen atoms in total. The predicted molar refractivity (Wildman–Crippen MR) is 72.3 cm³/mol. The minimum Gasteiger partial charge on any atom is -0.348 e. The molecule has 2 fully saturated rings. The molecule has 3 rings (SSSR count). The van der Waals surface area contributed by atoms with Gasteiger partial charge in [-0.15, -0.1) is 12.8 Å². The van der Waals surface area contributed by atoms with Gasteiger partial charge < -0.3 is 18.9 Å². The molecule has 0 aromatic rings. The minimum atomic E-state index is -0.465. The van der Waals surface area contributed by atoms with Crippen molar-refractivity contribution in [2.45, 2.75) is 25.4 Å². The second-order valence-electron chi connectivity index (χ2n) is 4.72. The zero-order valence-corrected chi connectivity index (χ0v) is 11.2. The highest BCUT2D eigenvalue weighted by atomic mass is 16.7. The van der Waals surface area contributed by atoms with E-state index in [0.29, 0.717) is 37.6 Å². The summed E-state index contributed by atoms with van der Waals surface area (Å²) in [5.74, 6) is 5.33. The number of rotatable bonds is 2. The molecular formula is C16H16O4. The maximum absolute atomic E-state index is 5.61. The Morgan fingerprint density at radius 1 is 0.700 bits per heavy atom. The van der Waals surface area contributed by atoms with Crippen molar-refractivity contribution in [3.05, 3.63) is 22.3 Å². The largest absolute Gasteiger partial charge is 0.348 e. The highest BCUT2D eigenvalue weighted by Gasteiger charge is 2.39. The molecule has 2 heterocycles. The van der Waals surface area contributed by atoms with Crippen molar-refractivity contribution in [1.29, 1.82) is 0 Å². The molecule has 0 saturated carbocycles. The molecule has 20 heavy (non-hydrogen) atoms. The second kappa shape index (κ2) is 5.83. The van der Waals surface area contributed by atoms with Crippen LogP contribution in [0.4, 0.5) is 0 Å². The van der Waals surface area contributed by atoms with Crippen molar-refractivity contribution in [3.63, 3.8) is 0 Å². The third-order valence-electron chi connectivity index (χ3n) is 3.49. The van der Waals surface area contributed by atoms with Crippen LogP contribution >= 0.6 is 0 Å². The van der Waals surface area contributed by atoms with E-state index < -0.39 is 12.6 Å². The van der Waals surface area contributed by atoms with E-state index in [0.717, 1.165) is 24.0 Å². The Morgan fingerprint density at radius 2 is 1.05 bits per heavy atom. The first-order chi connectivity index (χ1) is 9.86. The lowest BCUT2D eigenvalue weighted by Gasteiger charge is -2.36. The van der Waals surface area contributed by atoms with Crippen LogP contribution in [0.3, 0.4) is 0 Å². The van der Waals surface area contributed by atoms with Crippen molar-refractivity contribution in [2.75, 3.05) is 26.4 Å². The first kappa shape index (κ1) is 13.4. The molecule has 0 unspecified atom stereocenters. The van der Waals surface area contributed by atoms with Crippen molar-refractivity contribution >= 4 is 0 Å². The number of terminal acetylenes is 2. The van der Waals surface area contributed by atoms with Crippen molar-refractivity contribution in [2.24, 2.45) is 0 Å². The monoisotopic (exact) mass is 272 g/mol. The van der Waals surface area contributed by atoms with Gasteiger partial charge in [-0.3, -0.25) is 0 Å². The van der Waals surface area contributed by atoms with E-state index in [1.165, 1.54) is 0 Å². The summed E-state index contributed by atoms with van der Waals surface area (Å²) in [6.45, 7) is 2.59. The standard InChI is InChI=1S/C16H16O4/c1-3-11-13(15-17-7-5-8-18-15)12(4-2)14(11)16-19-9-6-10-20-16/h1-2,15-16H,5-10H2. The van der Waals surface area contributed by atoms with Crippen LogP contribution in [0.1, 0.15) is 12.8 Å². The Morgan fingerprint density at radius 3 is 1.35 bits per heavy atom. The van der Waals surface area contributed by atoms with Gasteiger partial charge in [0.1, 0.15) is 0 Å². The molecule has 0 amide bonds. The van der Waals surface area contributed by atoms with E-state index >= 15 is 0 Å². The summed E-state index contributed by atoms with van der Waals surface area (Å²) < 4.78 is 22.4. The van der Waals surface area contributed by atoms with Crippen molar-refractivity contribution in [3.8, 4) is 24.7 Å². The van der Waals surface area contributed by atoms with E-state index in [2.05, 4.69) is 11.8 Å². The van der Waals surface area contributed by atoms with E-state index in [4.69, 9.17) is 31.8 Å². The van der Waals surface area contributed by atoms with Gasteiger partial charge in [0.15, 0.2) is 12.6 Å².